The summed E-state index contributed by atoms with van der Waals surface area (Å²) >= 11 is 1.87. The highest BCUT2D eigenvalue weighted by Gasteiger charge is 2.30. The molecule has 13 heavy (non-hydrogen) atoms. The second-order valence-corrected chi connectivity index (χ2v) is 5.42. The standard InChI is InChI=1S/C10H21NOS/c1-7(12)8(2)13-6-10(11-3)9-4-5-9/h7-12H,4-6H2,1-3H3. The Morgan fingerprint density at radius 1 is 1.46 bits per heavy atom. The lowest BCUT2D eigenvalue weighted by atomic mass is 10.2. The maximum absolute atomic E-state index is 9.32. The Kier molecular flexibility index (Phi) is 4.56. The van der Waals surface area contributed by atoms with Crippen LogP contribution in [0.2, 0.25) is 0 Å². The van der Waals surface area contributed by atoms with Crippen LogP contribution in [-0.4, -0.2) is 35.3 Å². The van der Waals surface area contributed by atoms with Gasteiger partial charge in [0.1, 0.15) is 0 Å². The van der Waals surface area contributed by atoms with Crippen molar-refractivity contribution < 1.29 is 5.11 Å². The van der Waals surface area contributed by atoms with Gasteiger partial charge in [-0.25, -0.2) is 0 Å². The molecule has 3 heteroatoms. The fraction of sp³-hybridized carbons (Fsp3) is 1.00. The molecule has 0 saturated heterocycles. The van der Waals surface area contributed by atoms with E-state index in [-0.39, 0.29) is 6.10 Å². The molecule has 0 amide bonds. The second kappa shape index (κ2) is 5.23. The average Bonchev–Trinajstić information content (AvgIpc) is 2.88. The van der Waals surface area contributed by atoms with E-state index in [9.17, 15) is 5.11 Å². The molecule has 0 radical (unpaired) electrons. The predicted molar refractivity (Wildman–Crippen MR) is 59.2 cm³/mol. The lowest BCUT2D eigenvalue weighted by Gasteiger charge is -2.19. The van der Waals surface area contributed by atoms with Gasteiger partial charge < -0.3 is 10.4 Å². The van der Waals surface area contributed by atoms with Gasteiger partial charge in [0, 0.05) is 17.0 Å². The van der Waals surface area contributed by atoms with Crippen molar-refractivity contribution in [2.75, 3.05) is 12.8 Å². The summed E-state index contributed by atoms with van der Waals surface area (Å²) in [6, 6.07) is 0.659. The fourth-order valence-corrected chi connectivity index (χ4v) is 2.58. The van der Waals surface area contributed by atoms with E-state index < -0.39 is 0 Å². The summed E-state index contributed by atoms with van der Waals surface area (Å²) in [4.78, 5) is 0. The van der Waals surface area contributed by atoms with Gasteiger partial charge in [-0.1, -0.05) is 6.92 Å². The Labute approximate surface area is 85.5 Å². The quantitative estimate of drug-likeness (QED) is 0.686. The third-order valence-corrected chi connectivity index (χ3v) is 4.25. The van der Waals surface area contributed by atoms with Gasteiger partial charge in [0.25, 0.3) is 0 Å². The van der Waals surface area contributed by atoms with Crippen LogP contribution in [-0.2, 0) is 0 Å². The largest absolute Gasteiger partial charge is 0.392 e. The Hall–Kier alpha value is 0.270. The molecule has 3 atom stereocenters. The molecule has 0 heterocycles. The van der Waals surface area contributed by atoms with Gasteiger partial charge in [0.2, 0.25) is 0 Å². The molecule has 1 rings (SSSR count). The zero-order valence-corrected chi connectivity index (χ0v) is 9.60. The summed E-state index contributed by atoms with van der Waals surface area (Å²) < 4.78 is 0. The van der Waals surface area contributed by atoms with Gasteiger partial charge in [-0.3, -0.25) is 0 Å². The molecule has 0 spiro atoms. The topological polar surface area (TPSA) is 32.3 Å². The highest BCUT2D eigenvalue weighted by atomic mass is 32.2. The van der Waals surface area contributed by atoms with Crippen LogP contribution in [0.1, 0.15) is 26.7 Å². The van der Waals surface area contributed by atoms with Crippen molar-refractivity contribution in [1.29, 1.82) is 0 Å². The lowest BCUT2D eigenvalue weighted by Crippen LogP contribution is -2.31. The molecule has 1 fully saturated rings. The number of nitrogens with one attached hydrogen (secondary N) is 1. The molecule has 3 unspecified atom stereocenters. The van der Waals surface area contributed by atoms with Gasteiger partial charge >= 0.3 is 0 Å². The van der Waals surface area contributed by atoms with E-state index in [2.05, 4.69) is 12.2 Å². The Morgan fingerprint density at radius 3 is 2.46 bits per heavy atom. The van der Waals surface area contributed by atoms with E-state index in [1.807, 2.05) is 25.7 Å². The van der Waals surface area contributed by atoms with Crippen molar-refractivity contribution in [1.82, 2.24) is 5.32 Å². The molecule has 2 nitrogen and oxygen atoms in total. The maximum atomic E-state index is 9.32. The van der Waals surface area contributed by atoms with E-state index >= 15 is 0 Å². The van der Waals surface area contributed by atoms with E-state index in [0.29, 0.717) is 11.3 Å². The average molecular weight is 203 g/mol. The van der Waals surface area contributed by atoms with Crippen LogP contribution in [0.3, 0.4) is 0 Å². The van der Waals surface area contributed by atoms with E-state index in [0.717, 1.165) is 11.7 Å². The molecule has 1 saturated carbocycles. The summed E-state index contributed by atoms with van der Waals surface area (Å²) in [7, 11) is 2.04. The summed E-state index contributed by atoms with van der Waals surface area (Å²) in [6.07, 6.45) is 2.58. The van der Waals surface area contributed by atoms with Crippen molar-refractivity contribution in [3.63, 3.8) is 0 Å². The zero-order valence-electron chi connectivity index (χ0n) is 8.79. The van der Waals surface area contributed by atoms with Crippen LogP contribution in [0.25, 0.3) is 0 Å². The molecule has 1 aliphatic carbocycles. The molecule has 0 aromatic heterocycles. The van der Waals surface area contributed by atoms with Crippen molar-refractivity contribution in [3.8, 4) is 0 Å². The minimum Gasteiger partial charge on any atom is -0.392 e. The zero-order chi connectivity index (χ0) is 9.84. The van der Waals surface area contributed by atoms with Crippen molar-refractivity contribution in [2.45, 2.75) is 44.1 Å². The molecular formula is C10H21NOS. The van der Waals surface area contributed by atoms with Crippen LogP contribution in [0.5, 0.6) is 0 Å². The molecule has 0 aliphatic heterocycles. The highest BCUT2D eigenvalue weighted by molar-refractivity contribution is 7.99. The van der Waals surface area contributed by atoms with Gasteiger partial charge in [0.15, 0.2) is 0 Å². The normalized spacial score (nSPS) is 24.0. The lowest BCUT2D eigenvalue weighted by molar-refractivity contribution is 0.196. The summed E-state index contributed by atoms with van der Waals surface area (Å²) in [6.45, 7) is 3.96. The number of hydrogen-bond acceptors (Lipinski definition) is 3. The van der Waals surface area contributed by atoms with Crippen LogP contribution in [0, 0.1) is 5.92 Å². The second-order valence-electron chi connectivity index (χ2n) is 4.01. The Morgan fingerprint density at radius 2 is 2.08 bits per heavy atom. The number of hydrogen-bond donors (Lipinski definition) is 2. The molecule has 78 valence electrons. The van der Waals surface area contributed by atoms with Crippen molar-refractivity contribution in [3.05, 3.63) is 0 Å². The SMILES string of the molecule is CNC(CSC(C)C(C)O)C1CC1. The number of thioether (sulfide) groups is 1. The minimum atomic E-state index is -0.193. The first-order chi connectivity index (χ1) is 6.15. The highest BCUT2D eigenvalue weighted by Crippen LogP contribution is 2.34. The molecule has 0 aromatic carbocycles. The molecule has 0 aromatic rings. The van der Waals surface area contributed by atoms with Crippen molar-refractivity contribution >= 4 is 11.8 Å². The minimum absolute atomic E-state index is 0.193. The first-order valence-corrected chi connectivity index (χ1v) is 6.17. The number of aliphatic hydroxyl groups excluding tert-OH is 1. The predicted octanol–water partition coefficient (Wildman–Crippen LogP) is 1.49. The smallest absolute Gasteiger partial charge is 0.0628 e. The molecule has 0 bridgehead atoms. The van der Waals surface area contributed by atoms with E-state index in [4.69, 9.17) is 0 Å². The molecular weight excluding hydrogens is 182 g/mol. The van der Waals surface area contributed by atoms with Crippen LogP contribution in [0.15, 0.2) is 0 Å². The summed E-state index contributed by atoms with van der Waals surface area (Å²) in [5.41, 5.74) is 0. The van der Waals surface area contributed by atoms with E-state index in [1.165, 1.54) is 12.8 Å². The monoisotopic (exact) mass is 203 g/mol. The van der Waals surface area contributed by atoms with Gasteiger partial charge in [-0.15, -0.1) is 0 Å². The fourth-order valence-electron chi connectivity index (χ4n) is 1.35. The maximum Gasteiger partial charge on any atom is 0.0628 e. The van der Waals surface area contributed by atoms with Gasteiger partial charge in [-0.2, -0.15) is 11.8 Å². The van der Waals surface area contributed by atoms with Crippen LogP contribution in [0.4, 0.5) is 0 Å². The van der Waals surface area contributed by atoms with E-state index in [1.54, 1.807) is 0 Å². The van der Waals surface area contributed by atoms with Crippen molar-refractivity contribution in [2.24, 2.45) is 5.92 Å². The number of aliphatic hydroxyl groups is 1. The molecule has 1 aliphatic rings. The Bertz CT molecular complexity index is 148. The third-order valence-electron chi connectivity index (χ3n) is 2.78. The van der Waals surface area contributed by atoms with Crippen LogP contribution >= 0.6 is 11.8 Å². The van der Waals surface area contributed by atoms with Gasteiger partial charge in [0.05, 0.1) is 6.10 Å². The van der Waals surface area contributed by atoms with Gasteiger partial charge in [-0.05, 0) is 32.7 Å². The van der Waals surface area contributed by atoms with Crippen LogP contribution < -0.4 is 5.32 Å². The number of rotatable bonds is 6. The Balaban J connectivity index is 2.15. The first-order valence-electron chi connectivity index (χ1n) is 5.12. The summed E-state index contributed by atoms with van der Waals surface area (Å²) in [5.74, 6) is 2.03. The summed E-state index contributed by atoms with van der Waals surface area (Å²) in [5, 5.41) is 13.0. The molecule has 2 N–H and O–H groups in total. The third kappa shape index (κ3) is 3.88. The first kappa shape index (κ1) is 11.3.